The Morgan fingerprint density at radius 3 is 0.816 bits per heavy atom. The summed E-state index contributed by atoms with van der Waals surface area (Å²) in [7, 11) is 0. The Morgan fingerprint density at radius 2 is 0.513 bits per heavy atom. The van der Waals surface area contributed by atoms with Crippen molar-refractivity contribution >= 4 is 17.9 Å². The van der Waals surface area contributed by atoms with Gasteiger partial charge in [0.25, 0.3) is 0 Å². The van der Waals surface area contributed by atoms with Crippen LogP contribution in [0.4, 0.5) is 0 Å². The molecule has 1 unspecified atom stereocenters. The summed E-state index contributed by atoms with van der Waals surface area (Å²) < 4.78 is 16.9. The number of rotatable bonds is 58. The van der Waals surface area contributed by atoms with Gasteiger partial charge in [0.1, 0.15) is 13.2 Å². The van der Waals surface area contributed by atoms with Crippen LogP contribution in [0.5, 0.6) is 0 Å². The first-order chi connectivity index (χ1) is 37.5. The minimum Gasteiger partial charge on any atom is -0.462 e. The minimum atomic E-state index is -0.794. The van der Waals surface area contributed by atoms with Gasteiger partial charge >= 0.3 is 17.9 Å². The summed E-state index contributed by atoms with van der Waals surface area (Å²) in [6.45, 7) is 6.51. The summed E-state index contributed by atoms with van der Waals surface area (Å²) in [5.41, 5.74) is 0. The summed E-state index contributed by atoms with van der Waals surface area (Å²) in [6, 6.07) is 0. The van der Waals surface area contributed by atoms with Gasteiger partial charge in [-0.25, -0.2) is 0 Å². The fraction of sp³-hybridized carbons (Fsp3) is 0.729. The molecule has 0 amide bonds. The quantitative estimate of drug-likeness (QED) is 0.0261. The molecule has 0 N–H and O–H groups in total. The molecule has 0 radical (unpaired) electrons. The molecular formula is C70H120O6. The van der Waals surface area contributed by atoms with Gasteiger partial charge in [0.15, 0.2) is 6.10 Å². The van der Waals surface area contributed by atoms with Gasteiger partial charge in [0.05, 0.1) is 0 Å². The highest BCUT2D eigenvalue weighted by Crippen LogP contribution is 2.15. The van der Waals surface area contributed by atoms with Gasteiger partial charge in [-0.15, -0.1) is 0 Å². The van der Waals surface area contributed by atoms with E-state index in [-0.39, 0.29) is 31.1 Å². The van der Waals surface area contributed by atoms with Crippen molar-refractivity contribution in [1.82, 2.24) is 0 Å². The first-order valence-electron chi connectivity index (χ1n) is 32.2. The van der Waals surface area contributed by atoms with Crippen molar-refractivity contribution in [3.63, 3.8) is 0 Å². The molecule has 0 aliphatic rings. The zero-order chi connectivity index (χ0) is 55.0. The van der Waals surface area contributed by atoms with E-state index in [0.29, 0.717) is 19.3 Å². The second-order valence-corrected chi connectivity index (χ2v) is 21.3. The SMILES string of the molecule is CC/C=C\C/C=C\C/C=C\C/C=C\CCCCCCCCC(=O)OC(COC(=O)CCCCCCC/C=C\CCCCCCCCC)COC(=O)CCCCCCCCCC/C=C\C/C=C\C/C=C\CCCCCCC. The molecule has 0 aromatic rings. The van der Waals surface area contributed by atoms with Gasteiger partial charge in [0, 0.05) is 19.3 Å². The molecule has 6 heteroatoms. The van der Waals surface area contributed by atoms with Crippen molar-refractivity contribution in [3.05, 3.63) is 97.2 Å². The molecule has 1 atom stereocenters. The Labute approximate surface area is 470 Å². The van der Waals surface area contributed by atoms with E-state index in [4.69, 9.17) is 14.2 Å². The summed E-state index contributed by atoms with van der Waals surface area (Å²) >= 11 is 0. The maximum Gasteiger partial charge on any atom is 0.306 e. The lowest BCUT2D eigenvalue weighted by Crippen LogP contribution is -2.30. The van der Waals surface area contributed by atoms with E-state index in [1.165, 1.54) is 148 Å². The molecular weight excluding hydrogens is 937 g/mol. The predicted octanol–water partition coefficient (Wildman–Crippen LogP) is 22.0. The average Bonchev–Trinajstić information content (AvgIpc) is 3.42. The van der Waals surface area contributed by atoms with Gasteiger partial charge < -0.3 is 14.2 Å². The molecule has 76 heavy (non-hydrogen) atoms. The van der Waals surface area contributed by atoms with Gasteiger partial charge in [-0.05, 0) is 122 Å². The molecule has 0 saturated heterocycles. The molecule has 0 saturated carbocycles. The Balaban J connectivity index is 4.42. The third kappa shape index (κ3) is 61.2. The van der Waals surface area contributed by atoms with Gasteiger partial charge in [-0.1, -0.05) is 266 Å². The molecule has 0 aromatic heterocycles. The number of hydrogen-bond donors (Lipinski definition) is 0. The summed E-state index contributed by atoms with van der Waals surface area (Å²) in [4.78, 5) is 38.3. The molecule has 0 spiro atoms. The number of carbonyl (C=O) groups is 3. The van der Waals surface area contributed by atoms with Crippen molar-refractivity contribution in [2.24, 2.45) is 0 Å². The molecule has 436 valence electrons. The highest BCUT2D eigenvalue weighted by atomic mass is 16.6. The van der Waals surface area contributed by atoms with E-state index >= 15 is 0 Å². The van der Waals surface area contributed by atoms with Crippen LogP contribution in [-0.2, 0) is 28.6 Å². The van der Waals surface area contributed by atoms with Crippen molar-refractivity contribution in [2.45, 2.75) is 316 Å². The number of allylic oxidation sites excluding steroid dienone is 16. The van der Waals surface area contributed by atoms with Crippen LogP contribution in [-0.4, -0.2) is 37.2 Å². The predicted molar refractivity (Wildman–Crippen MR) is 330 cm³/mol. The van der Waals surface area contributed by atoms with E-state index in [1.807, 2.05) is 0 Å². The van der Waals surface area contributed by atoms with Crippen LogP contribution >= 0.6 is 0 Å². The molecule has 0 rings (SSSR count). The second kappa shape index (κ2) is 63.9. The lowest BCUT2D eigenvalue weighted by molar-refractivity contribution is -0.167. The van der Waals surface area contributed by atoms with Crippen LogP contribution in [0.2, 0.25) is 0 Å². The normalized spacial score (nSPS) is 12.7. The number of unbranched alkanes of at least 4 members (excludes halogenated alkanes) is 31. The highest BCUT2D eigenvalue weighted by Gasteiger charge is 2.19. The summed E-state index contributed by atoms with van der Waals surface area (Å²) in [5, 5.41) is 0. The van der Waals surface area contributed by atoms with Gasteiger partial charge in [0.2, 0.25) is 0 Å². The molecule has 0 aliphatic heterocycles. The molecule has 0 bridgehead atoms. The molecule has 0 aliphatic carbocycles. The molecule has 6 nitrogen and oxygen atoms in total. The second-order valence-electron chi connectivity index (χ2n) is 21.3. The van der Waals surface area contributed by atoms with Gasteiger partial charge in [-0.2, -0.15) is 0 Å². The Morgan fingerprint density at radius 1 is 0.276 bits per heavy atom. The van der Waals surface area contributed by atoms with Crippen molar-refractivity contribution in [1.29, 1.82) is 0 Å². The molecule has 0 fully saturated rings. The van der Waals surface area contributed by atoms with Crippen LogP contribution in [0.3, 0.4) is 0 Å². The van der Waals surface area contributed by atoms with Crippen molar-refractivity contribution in [3.8, 4) is 0 Å². The van der Waals surface area contributed by atoms with Crippen LogP contribution < -0.4 is 0 Å². The third-order valence-electron chi connectivity index (χ3n) is 13.8. The first-order valence-corrected chi connectivity index (χ1v) is 32.2. The zero-order valence-electron chi connectivity index (χ0n) is 50.0. The number of carbonyl (C=O) groups excluding carboxylic acids is 3. The van der Waals surface area contributed by atoms with Crippen LogP contribution in [0, 0.1) is 0 Å². The lowest BCUT2D eigenvalue weighted by Gasteiger charge is -2.18. The van der Waals surface area contributed by atoms with E-state index < -0.39 is 6.10 Å². The monoisotopic (exact) mass is 1060 g/mol. The Hall–Kier alpha value is -3.67. The van der Waals surface area contributed by atoms with Crippen LogP contribution in [0.15, 0.2) is 97.2 Å². The molecule has 0 aromatic carbocycles. The topological polar surface area (TPSA) is 78.9 Å². The average molecular weight is 1060 g/mol. The fourth-order valence-corrected chi connectivity index (χ4v) is 8.97. The van der Waals surface area contributed by atoms with E-state index in [1.54, 1.807) is 0 Å². The smallest absolute Gasteiger partial charge is 0.306 e. The number of esters is 3. The maximum atomic E-state index is 12.9. The zero-order valence-corrected chi connectivity index (χ0v) is 50.0. The van der Waals surface area contributed by atoms with Gasteiger partial charge in [-0.3, -0.25) is 14.4 Å². The minimum absolute atomic E-state index is 0.0898. The highest BCUT2D eigenvalue weighted by molar-refractivity contribution is 5.71. The van der Waals surface area contributed by atoms with E-state index in [9.17, 15) is 14.4 Å². The Kier molecular flexibility index (Phi) is 60.8. The van der Waals surface area contributed by atoms with Crippen LogP contribution in [0.25, 0.3) is 0 Å². The maximum absolute atomic E-state index is 12.9. The van der Waals surface area contributed by atoms with E-state index in [0.717, 1.165) is 122 Å². The van der Waals surface area contributed by atoms with Crippen molar-refractivity contribution in [2.75, 3.05) is 13.2 Å². The summed E-state index contributed by atoms with van der Waals surface area (Å²) in [5.74, 6) is -0.909. The summed E-state index contributed by atoms with van der Waals surface area (Å²) in [6.07, 6.45) is 85.5. The number of ether oxygens (including phenoxy) is 3. The van der Waals surface area contributed by atoms with Crippen LogP contribution in [0.1, 0.15) is 310 Å². The van der Waals surface area contributed by atoms with Crippen molar-refractivity contribution < 1.29 is 28.6 Å². The standard InChI is InChI=1S/C70H120O6/c1-4-7-10-13-16-19-22-25-28-31-33-34-35-36-38-39-42-45-48-51-54-57-60-63-69(72)75-66-67(65-74-68(71)62-59-56-53-50-47-44-41-30-27-24-21-18-15-12-9-6-3)76-70(73)64-61-58-55-52-49-46-43-40-37-32-29-26-23-20-17-14-11-8-5-2/h8,11,17,20,22,25-26,29-31,33,35-37,40-41,67H,4-7,9-10,12-16,18-19,21,23-24,27-28,32,34,38-39,42-66H2,1-3H3/b11-8-,20-17-,25-22-,29-26-,33-31-,36-35-,40-37-,41-30-. The number of hydrogen-bond acceptors (Lipinski definition) is 6. The first kappa shape index (κ1) is 72.3. The third-order valence-corrected chi connectivity index (χ3v) is 13.8. The Bertz CT molecular complexity index is 1490. The fourth-order valence-electron chi connectivity index (χ4n) is 8.97. The molecule has 0 heterocycles. The lowest BCUT2D eigenvalue weighted by atomic mass is 10.1. The largest absolute Gasteiger partial charge is 0.462 e. The van der Waals surface area contributed by atoms with E-state index in [2.05, 4.69) is 118 Å².